The van der Waals surface area contributed by atoms with Crippen molar-refractivity contribution >= 4 is 29.3 Å². The summed E-state index contributed by atoms with van der Waals surface area (Å²) in [5.74, 6) is 0.332. The Balaban J connectivity index is 1.49. The zero-order valence-corrected chi connectivity index (χ0v) is 15.6. The van der Waals surface area contributed by atoms with E-state index in [2.05, 4.69) is 0 Å². The van der Waals surface area contributed by atoms with Gasteiger partial charge in [-0.05, 0) is 49.2 Å². The normalized spacial score (nSPS) is 15.5. The Hall–Kier alpha value is -2.47. The van der Waals surface area contributed by atoms with Gasteiger partial charge in [0, 0.05) is 16.6 Å². The van der Waals surface area contributed by atoms with E-state index in [9.17, 15) is 9.59 Å². The van der Waals surface area contributed by atoms with Crippen molar-refractivity contribution in [2.24, 2.45) is 0 Å². The quantitative estimate of drug-likeness (QED) is 0.576. The van der Waals surface area contributed by atoms with Crippen molar-refractivity contribution in [1.82, 2.24) is 0 Å². The Labute approximate surface area is 157 Å². The number of nitrogens with zero attached hydrogens (tertiary/aromatic N) is 1. The molecule has 2 aromatic rings. The zero-order valence-electron chi connectivity index (χ0n) is 14.8. The monoisotopic (exact) mass is 371 g/mol. The molecule has 1 heterocycles. The largest absolute Gasteiger partial charge is 0.497 e. The number of carbonyl (C=O) groups excluding carboxylic acids is 2. The van der Waals surface area contributed by atoms with Gasteiger partial charge in [0.2, 0.25) is 0 Å². The summed E-state index contributed by atoms with van der Waals surface area (Å²) in [6.45, 7) is 1.76. The predicted molar refractivity (Wildman–Crippen MR) is 102 cm³/mol. The number of esters is 1. The number of thioether (sulfide) groups is 1. The Morgan fingerprint density at radius 3 is 2.62 bits per heavy atom. The van der Waals surface area contributed by atoms with Gasteiger partial charge in [0.15, 0.2) is 6.61 Å². The van der Waals surface area contributed by atoms with Crippen LogP contribution < -0.4 is 9.64 Å². The first kappa shape index (κ1) is 18.3. The number of anilines is 1. The molecular weight excluding hydrogens is 350 g/mol. The summed E-state index contributed by atoms with van der Waals surface area (Å²) in [6, 6.07) is 15.3. The Kier molecular flexibility index (Phi) is 5.83. The van der Waals surface area contributed by atoms with E-state index in [0.29, 0.717) is 0 Å². The Morgan fingerprint density at radius 1 is 1.15 bits per heavy atom. The first-order valence-electron chi connectivity index (χ1n) is 8.41. The number of para-hydroxylation sites is 1. The highest BCUT2D eigenvalue weighted by Crippen LogP contribution is 2.31. The molecule has 0 saturated carbocycles. The van der Waals surface area contributed by atoms with Crippen LogP contribution in [0.4, 0.5) is 5.69 Å². The summed E-state index contributed by atoms with van der Waals surface area (Å²) >= 11 is 1.37. The summed E-state index contributed by atoms with van der Waals surface area (Å²) in [5, 5.41) is 0. The van der Waals surface area contributed by atoms with E-state index in [0.717, 1.165) is 28.3 Å². The zero-order chi connectivity index (χ0) is 18.5. The molecule has 3 rings (SSSR count). The molecule has 0 fully saturated rings. The molecule has 0 bridgehead atoms. The topological polar surface area (TPSA) is 55.8 Å². The number of fused-ring (bicyclic) bond motifs is 1. The molecule has 0 unspecified atom stereocenters. The smallest absolute Gasteiger partial charge is 0.316 e. The molecule has 1 atom stereocenters. The van der Waals surface area contributed by atoms with E-state index in [4.69, 9.17) is 9.47 Å². The molecule has 0 radical (unpaired) electrons. The predicted octanol–water partition coefficient (Wildman–Crippen LogP) is 3.31. The minimum absolute atomic E-state index is 0.0762. The molecule has 1 aliphatic heterocycles. The van der Waals surface area contributed by atoms with Crippen LogP contribution in [0.15, 0.2) is 53.4 Å². The second-order valence-corrected chi connectivity index (χ2v) is 7.12. The SMILES string of the molecule is COc1ccc(SCC(=O)OCC(=O)N2c3ccccc3C[C@H]2C)cc1. The van der Waals surface area contributed by atoms with Crippen LogP contribution in [0.25, 0.3) is 0 Å². The van der Waals surface area contributed by atoms with Crippen molar-refractivity contribution in [2.45, 2.75) is 24.3 Å². The fourth-order valence-corrected chi connectivity index (χ4v) is 3.71. The highest BCUT2D eigenvalue weighted by atomic mass is 32.2. The Bertz CT molecular complexity index is 791. The van der Waals surface area contributed by atoms with E-state index in [1.54, 1.807) is 12.0 Å². The van der Waals surface area contributed by atoms with Crippen LogP contribution in [0.5, 0.6) is 5.75 Å². The van der Waals surface area contributed by atoms with E-state index < -0.39 is 5.97 Å². The Morgan fingerprint density at radius 2 is 1.88 bits per heavy atom. The van der Waals surface area contributed by atoms with Gasteiger partial charge in [0.1, 0.15) is 5.75 Å². The molecule has 6 heteroatoms. The molecule has 0 aliphatic carbocycles. The molecule has 1 amide bonds. The number of rotatable bonds is 6. The van der Waals surface area contributed by atoms with Crippen molar-refractivity contribution in [1.29, 1.82) is 0 Å². The lowest BCUT2D eigenvalue weighted by molar-refractivity contribution is -0.145. The van der Waals surface area contributed by atoms with Crippen molar-refractivity contribution in [2.75, 3.05) is 24.4 Å². The highest BCUT2D eigenvalue weighted by Gasteiger charge is 2.30. The average molecular weight is 371 g/mol. The second kappa shape index (κ2) is 8.27. The van der Waals surface area contributed by atoms with Gasteiger partial charge in [-0.15, -0.1) is 11.8 Å². The number of ether oxygens (including phenoxy) is 2. The number of benzene rings is 2. The third-order valence-corrected chi connectivity index (χ3v) is 5.23. The van der Waals surface area contributed by atoms with Crippen LogP contribution in [0.1, 0.15) is 12.5 Å². The van der Waals surface area contributed by atoms with Gasteiger partial charge in [-0.1, -0.05) is 18.2 Å². The van der Waals surface area contributed by atoms with Crippen LogP contribution in [0, 0.1) is 0 Å². The number of methoxy groups -OCH3 is 1. The van der Waals surface area contributed by atoms with Crippen molar-refractivity contribution in [3.8, 4) is 5.75 Å². The molecule has 26 heavy (non-hydrogen) atoms. The first-order valence-corrected chi connectivity index (χ1v) is 9.39. The fraction of sp³-hybridized carbons (Fsp3) is 0.300. The number of amides is 1. The summed E-state index contributed by atoms with van der Waals surface area (Å²) in [6.07, 6.45) is 0.823. The minimum Gasteiger partial charge on any atom is -0.497 e. The minimum atomic E-state index is -0.403. The number of hydrogen-bond acceptors (Lipinski definition) is 5. The van der Waals surface area contributed by atoms with Crippen molar-refractivity contribution < 1.29 is 19.1 Å². The van der Waals surface area contributed by atoms with E-state index in [1.807, 2.05) is 55.5 Å². The maximum Gasteiger partial charge on any atom is 0.316 e. The van der Waals surface area contributed by atoms with Gasteiger partial charge in [0.25, 0.3) is 5.91 Å². The highest BCUT2D eigenvalue weighted by molar-refractivity contribution is 8.00. The van der Waals surface area contributed by atoms with Crippen LogP contribution in [0.3, 0.4) is 0 Å². The molecule has 2 aromatic carbocycles. The van der Waals surface area contributed by atoms with Crippen molar-refractivity contribution in [3.05, 3.63) is 54.1 Å². The van der Waals surface area contributed by atoms with Crippen LogP contribution in [0.2, 0.25) is 0 Å². The van der Waals surface area contributed by atoms with Gasteiger partial charge < -0.3 is 14.4 Å². The summed E-state index contributed by atoms with van der Waals surface area (Å²) in [4.78, 5) is 27.1. The van der Waals surface area contributed by atoms with Gasteiger partial charge in [0.05, 0.1) is 12.9 Å². The van der Waals surface area contributed by atoms with E-state index in [1.165, 1.54) is 11.8 Å². The van der Waals surface area contributed by atoms with Gasteiger partial charge >= 0.3 is 5.97 Å². The number of carbonyl (C=O) groups is 2. The lowest BCUT2D eigenvalue weighted by Crippen LogP contribution is -2.38. The van der Waals surface area contributed by atoms with Crippen LogP contribution in [-0.2, 0) is 20.7 Å². The van der Waals surface area contributed by atoms with Gasteiger partial charge in [-0.3, -0.25) is 9.59 Å². The first-order chi connectivity index (χ1) is 12.6. The number of hydrogen-bond donors (Lipinski definition) is 0. The van der Waals surface area contributed by atoms with Crippen LogP contribution in [-0.4, -0.2) is 37.4 Å². The summed E-state index contributed by atoms with van der Waals surface area (Å²) in [5.41, 5.74) is 2.06. The van der Waals surface area contributed by atoms with Crippen molar-refractivity contribution in [3.63, 3.8) is 0 Å². The third kappa shape index (κ3) is 4.19. The van der Waals surface area contributed by atoms with Crippen LogP contribution >= 0.6 is 11.8 Å². The molecular formula is C20H21NO4S. The van der Waals surface area contributed by atoms with Gasteiger partial charge in [-0.25, -0.2) is 0 Å². The van der Waals surface area contributed by atoms with E-state index in [-0.39, 0.29) is 24.3 Å². The lowest BCUT2D eigenvalue weighted by atomic mass is 10.1. The lowest BCUT2D eigenvalue weighted by Gasteiger charge is -2.22. The third-order valence-electron chi connectivity index (χ3n) is 4.25. The molecule has 0 aromatic heterocycles. The maximum atomic E-state index is 12.5. The second-order valence-electron chi connectivity index (χ2n) is 6.07. The molecule has 136 valence electrons. The molecule has 0 saturated heterocycles. The van der Waals surface area contributed by atoms with E-state index >= 15 is 0 Å². The standard InChI is InChI=1S/C20H21NO4S/c1-14-11-15-5-3-4-6-18(15)21(14)19(22)12-25-20(23)13-26-17-9-7-16(24-2)8-10-17/h3-10,14H,11-13H2,1-2H3/t14-/m1/s1. The summed E-state index contributed by atoms with van der Waals surface area (Å²) < 4.78 is 10.3. The fourth-order valence-electron chi connectivity index (χ4n) is 3.01. The van der Waals surface area contributed by atoms with Gasteiger partial charge in [-0.2, -0.15) is 0 Å². The molecule has 0 N–H and O–H groups in total. The maximum absolute atomic E-state index is 12.5. The summed E-state index contributed by atoms with van der Waals surface area (Å²) in [7, 11) is 1.61. The molecule has 0 spiro atoms. The molecule has 5 nitrogen and oxygen atoms in total. The average Bonchev–Trinajstić information content (AvgIpc) is 3.00. The molecule has 1 aliphatic rings.